The van der Waals surface area contributed by atoms with Crippen LogP contribution in [0.4, 0.5) is 0 Å². The third kappa shape index (κ3) is 5.80. The van der Waals surface area contributed by atoms with Crippen molar-refractivity contribution in [2.24, 2.45) is 5.92 Å². The minimum absolute atomic E-state index is 0.0273. The molecule has 0 saturated carbocycles. The number of rotatable bonds is 8. The molecule has 37 heavy (non-hydrogen) atoms. The first-order valence-electron chi connectivity index (χ1n) is 13.0. The molecule has 3 aromatic carbocycles. The number of hydrogen-bond acceptors (Lipinski definition) is 3. The van der Waals surface area contributed by atoms with Crippen LogP contribution in [0.15, 0.2) is 84.9 Å². The van der Waals surface area contributed by atoms with E-state index in [4.69, 9.17) is 9.47 Å². The van der Waals surface area contributed by atoms with Crippen LogP contribution in [0.25, 0.3) is 0 Å². The Morgan fingerprint density at radius 2 is 1.78 bits per heavy atom. The third-order valence-corrected chi connectivity index (χ3v) is 7.79. The highest BCUT2D eigenvalue weighted by Crippen LogP contribution is 2.49. The van der Waals surface area contributed by atoms with Gasteiger partial charge in [-0.05, 0) is 56.0 Å². The lowest BCUT2D eigenvalue weighted by molar-refractivity contribution is -0.139. The predicted octanol–water partition coefficient (Wildman–Crippen LogP) is 7.61. The fourth-order valence-corrected chi connectivity index (χ4v) is 5.52. The van der Waals surface area contributed by atoms with Crippen LogP contribution in [-0.4, -0.2) is 23.8 Å². The van der Waals surface area contributed by atoms with E-state index in [1.807, 2.05) is 18.2 Å². The summed E-state index contributed by atoms with van der Waals surface area (Å²) in [6.07, 6.45) is 0.583. The Kier molecular flexibility index (Phi) is 7.89. The van der Waals surface area contributed by atoms with Gasteiger partial charge in [-0.1, -0.05) is 92.2 Å². The van der Waals surface area contributed by atoms with Crippen molar-refractivity contribution in [3.05, 3.63) is 113 Å². The van der Waals surface area contributed by atoms with Crippen LogP contribution in [0.3, 0.4) is 0 Å². The summed E-state index contributed by atoms with van der Waals surface area (Å²) in [5.41, 5.74) is 6.50. The lowest BCUT2D eigenvalue weighted by atomic mass is 9.74. The van der Waals surface area contributed by atoms with Gasteiger partial charge in [0, 0.05) is 22.8 Å². The van der Waals surface area contributed by atoms with Gasteiger partial charge in [0.1, 0.15) is 5.75 Å². The molecular formula is C33H38O4. The van der Waals surface area contributed by atoms with E-state index in [0.29, 0.717) is 5.75 Å². The van der Waals surface area contributed by atoms with E-state index in [2.05, 4.69) is 95.8 Å². The number of ether oxygens (including phenoxy) is 2. The molecule has 0 aromatic heterocycles. The van der Waals surface area contributed by atoms with E-state index in [9.17, 15) is 9.90 Å². The molecule has 0 radical (unpaired) electrons. The van der Waals surface area contributed by atoms with Crippen molar-refractivity contribution < 1.29 is 19.4 Å². The summed E-state index contributed by atoms with van der Waals surface area (Å²) in [5, 5.41) is 9.30. The average molecular weight is 499 g/mol. The predicted molar refractivity (Wildman–Crippen MR) is 148 cm³/mol. The SMILES string of the molecule is C=C(C)[C@H]1C[C@H](c2cccc(C)c2)[C@H](C)O[C@@H]1c1cc(C(C)(C)c2ccccc2)ccc1OCC(=O)O. The molecule has 0 aliphatic carbocycles. The summed E-state index contributed by atoms with van der Waals surface area (Å²) in [6.45, 7) is 14.6. The van der Waals surface area contributed by atoms with Gasteiger partial charge in [-0.25, -0.2) is 4.79 Å². The molecule has 3 aromatic rings. The van der Waals surface area contributed by atoms with Gasteiger partial charge in [0.25, 0.3) is 0 Å². The highest BCUT2D eigenvalue weighted by molar-refractivity contribution is 5.68. The van der Waals surface area contributed by atoms with Crippen LogP contribution in [-0.2, 0) is 14.9 Å². The molecule has 4 heteroatoms. The van der Waals surface area contributed by atoms with Gasteiger partial charge in [0.05, 0.1) is 12.2 Å². The van der Waals surface area contributed by atoms with Crippen LogP contribution >= 0.6 is 0 Å². The van der Waals surface area contributed by atoms with Gasteiger partial charge in [-0.2, -0.15) is 0 Å². The second-order valence-corrected chi connectivity index (χ2v) is 10.9. The number of aliphatic carboxylic acids is 1. The average Bonchev–Trinajstić information content (AvgIpc) is 2.87. The van der Waals surface area contributed by atoms with Crippen LogP contribution in [0.1, 0.15) is 74.0 Å². The van der Waals surface area contributed by atoms with E-state index in [-0.39, 0.29) is 29.5 Å². The molecule has 4 nitrogen and oxygen atoms in total. The van der Waals surface area contributed by atoms with E-state index < -0.39 is 12.6 Å². The van der Waals surface area contributed by atoms with Crippen LogP contribution in [0, 0.1) is 12.8 Å². The molecule has 1 fully saturated rings. The first-order valence-corrected chi connectivity index (χ1v) is 13.0. The number of carboxylic acid groups (broad SMARTS) is 1. The topological polar surface area (TPSA) is 55.8 Å². The van der Waals surface area contributed by atoms with Crippen molar-refractivity contribution in [1.82, 2.24) is 0 Å². The molecule has 1 aliphatic heterocycles. The second kappa shape index (κ2) is 10.9. The van der Waals surface area contributed by atoms with Crippen LogP contribution in [0.2, 0.25) is 0 Å². The van der Waals surface area contributed by atoms with Gasteiger partial charge in [-0.15, -0.1) is 0 Å². The number of carboxylic acids is 1. The molecule has 4 rings (SSSR count). The standard InChI is InChI=1S/C33H38O4/c1-21(2)27-19-28(24-12-10-11-22(3)17-24)23(4)37-32(27)29-18-26(15-16-30(29)36-20-31(34)35)33(5,6)25-13-8-7-9-14-25/h7-18,23,27-28,32H,1,19-20H2,2-6H3,(H,34,35)/t23-,27+,28-,32-/m0/s1. The first-order chi connectivity index (χ1) is 17.6. The van der Waals surface area contributed by atoms with Crippen molar-refractivity contribution >= 4 is 5.97 Å². The minimum atomic E-state index is -1.01. The molecule has 194 valence electrons. The summed E-state index contributed by atoms with van der Waals surface area (Å²) in [6, 6.07) is 25.1. The largest absolute Gasteiger partial charge is 0.482 e. The minimum Gasteiger partial charge on any atom is -0.482 e. The molecule has 1 aliphatic rings. The maximum Gasteiger partial charge on any atom is 0.341 e. The quantitative estimate of drug-likeness (QED) is 0.325. The lowest BCUT2D eigenvalue weighted by Gasteiger charge is -2.42. The normalized spacial score (nSPS) is 21.9. The first kappa shape index (κ1) is 26.7. The summed E-state index contributed by atoms with van der Waals surface area (Å²) >= 11 is 0. The molecular weight excluding hydrogens is 460 g/mol. The van der Waals surface area contributed by atoms with Crippen LogP contribution in [0.5, 0.6) is 5.75 Å². The van der Waals surface area contributed by atoms with Crippen molar-refractivity contribution in [2.45, 2.75) is 64.6 Å². The highest BCUT2D eigenvalue weighted by atomic mass is 16.5. The number of benzene rings is 3. The lowest BCUT2D eigenvalue weighted by Crippen LogP contribution is -2.35. The third-order valence-electron chi connectivity index (χ3n) is 7.79. The summed E-state index contributed by atoms with van der Waals surface area (Å²) in [7, 11) is 0. The molecule has 4 atom stereocenters. The zero-order valence-electron chi connectivity index (χ0n) is 22.5. The Balaban J connectivity index is 1.77. The van der Waals surface area contributed by atoms with E-state index in [1.54, 1.807) is 0 Å². The Bertz CT molecular complexity index is 1260. The molecule has 0 unspecified atom stereocenters. The number of aryl methyl sites for hydroxylation is 1. The molecule has 1 saturated heterocycles. The monoisotopic (exact) mass is 498 g/mol. The second-order valence-electron chi connectivity index (χ2n) is 10.9. The Morgan fingerprint density at radius 1 is 1.05 bits per heavy atom. The maximum absolute atomic E-state index is 11.4. The zero-order valence-corrected chi connectivity index (χ0v) is 22.5. The van der Waals surface area contributed by atoms with Gasteiger partial charge >= 0.3 is 5.97 Å². The smallest absolute Gasteiger partial charge is 0.341 e. The zero-order chi connectivity index (χ0) is 26.7. The fourth-order valence-electron chi connectivity index (χ4n) is 5.52. The van der Waals surface area contributed by atoms with Crippen LogP contribution < -0.4 is 4.74 Å². The Hall–Kier alpha value is -3.37. The van der Waals surface area contributed by atoms with Crippen molar-refractivity contribution in [1.29, 1.82) is 0 Å². The molecule has 0 spiro atoms. The Morgan fingerprint density at radius 3 is 2.43 bits per heavy atom. The highest BCUT2D eigenvalue weighted by Gasteiger charge is 2.39. The van der Waals surface area contributed by atoms with Crippen molar-refractivity contribution in [3.63, 3.8) is 0 Å². The summed E-state index contributed by atoms with van der Waals surface area (Å²) < 4.78 is 12.6. The van der Waals surface area contributed by atoms with E-state index in [0.717, 1.165) is 23.1 Å². The van der Waals surface area contributed by atoms with Crippen molar-refractivity contribution in [3.8, 4) is 5.75 Å². The molecule has 1 heterocycles. The molecule has 0 amide bonds. The van der Waals surface area contributed by atoms with Gasteiger partial charge in [0.2, 0.25) is 0 Å². The van der Waals surface area contributed by atoms with Gasteiger partial charge in [-0.3, -0.25) is 0 Å². The molecule has 0 bridgehead atoms. The fraction of sp³-hybridized carbons (Fsp3) is 0.364. The Labute approximate surface area is 221 Å². The summed E-state index contributed by atoms with van der Waals surface area (Å²) in [4.78, 5) is 11.4. The maximum atomic E-state index is 11.4. The number of hydrogen-bond donors (Lipinski definition) is 1. The van der Waals surface area contributed by atoms with E-state index >= 15 is 0 Å². The molecule has 1 N–H and O–H groups in total. The van der Waals surface area contributed by atoms with Gasteiger partial charge < -0.3 is 14.6 Å². The summed E-state index contributed by atoms with van der Waals surface area (Å²) in [5.74, 6) is -0.157. The van der Waals surface area contributed by atoms with E-state index in [1.165, 1.54) is 16.7 Å². The number of carbonyl (C=O) groups is 1. The van der Waals surface area contributed by atoms with Crippen molar-refractivity contribution in [2.75, 3.05) is 6.61 Å². The van der Waals surface area contributed by atoms with Gasteiger partial charge in [0.15, 0.2) is 6.61 Å².